The van der Waals surface area contributed by atoms with Gasteiger partial charge in [0.2, 0.25) is 0 Å². The first-order chi connectivity index (χ1) is 6.13. The van der Waals surface area contributed by atoms with Gasteiger partial charge in [0, 0.05) is 12.5 Å². The minimum atomic E-state index is -0.343. The van der Waals surface area contributed by atoms with Crippen LogP contribution >= 0.6 is 0 Å². The number of nitrogens with two attached hydrogens (primary N) is 1. The molecule has 0 atom stereocenters. The van der Waals surface area contributed by atoms with Crippen molar-refractivity contribution in [1.29, 1.82) is 0 Å². The van der Waals surface area contributed by atoms with E-state index in [1.54, 1.807) is 6.92 Å². The number of benzene rings is 1. The third-order valence-electron chi connectivity index (χ3n) is 1.52. The summed E-state index contributed by atoms with van der Waals surface area (Å²) in [5.74, 6) is -0.121. The molecule has 0 aliphatic rings. The third-order valence-corrected chi connectivity index (χ3v) is 1.52. The predicted molar refractivity (Wildman–Crippen MR) is 48.4 cm³/mol. The molecule has 4 heteroatoms. The molecule has 0 radical (unpaired) electrons. The van der Waals surface area contributed by atoms with Gasteiger partial charge in [0.25, 0.3) is 0 Å². The number of hydrogen-bond acceptors (Lipinski definition) is 4. The molecule has 0 amide bonds. The molecule has 13 heavy (non-hydrogen) atoms. The Morgan fingerprint density at radius 2 is 2.31 bits per heavy atom. The maximum Gasteiger partial charge on any atom is 0.310 e. The minimum Gasteiger partial charge on any atom is -0.506 e. The fourth-order valence-corrected chi connectivity index (χ4v) is 0.791. The lowest BCUT2D eigenvalue weighted by Gasteiger charge is -2.03. The van der Waals surface area contributed by atoms with Gasteiger partial charge < -0.3 is 15.6 Å². The van der Waals surface area contributed by atoms with Crippen molar-refractivity contribution in [2.24, 2.45) is 0 Å². The van der Waals surface area contributed by atoms with Gasteiger partial charge >= 0.3 is 5.97 Å². The van der Waals surface area contributed by atoms with Crippen LogP contribution in [0.25, 0.3) is 0 Å². The molecule has 4 nitrogen and oxygen atoms in total. The average Bonchev–Trinajstić information content (AvgIpc) is 2.11. The van der Waals surface area contributed by atoms with E-state index < -0.39 is 0 Å². The van der Waals surface area contributed by atoms with Gasteiger partial charge in [-0.05, 0) is 12.1 Å². The second-order valence-electron chi connectivity index (χ2n) is 2.55. The fourth-order valence-electron chi connectivity index (χ4n) is 0.791. The molecule has 1 rings (SSSR count). The van der Waals surface area contributed by atoms with Gasteiger partial charge in [-0.15, -0.1) is 0 Å². The second-order valence-corrected chi connectivity index (χ2v) is 2.55. The fraction of sp³-hybridized carbons (Fsp3) is 0.222. The lowest BCUT2D eigenvalue weighted by molar-refractivity contribution is -0.134. The minimum absolute atomic E-state index is 0.0820. The summed E-state index contributed by atoms with van der Waals surface area (Å²) >= 11 is 0. The van der Waals surface area contributed by atoms with E-state index in [2.05, 4.69) is 0 Å². The highest BCUT2D eigenvalue weighted by Gasteiger charge is 2.03. The average molecular weight is 181 g/mol. The third kappa shape index (κ3) is 2.37. The Morgan fingerprint density at radius 3 is 2.85 bits per heavy atom. The summed E-state index contributed by atoms with van der Waals surface area (Å²) in [6.07, 6.45) is 0.297. The SMILES string of the molecule is CCC(=O)Oc1ccc(N)c(O)c1. The first-order valence-electron chi connectivity index (χ1n) is 3.92. The summed E-state index contributed by atoms with van der Waals surface area (Å²) in [6, 6.07) is 4.32. The van der Waals surface area contributed by atoms with Gasteiger partial charge in [-0.1, -0.05) is 6.92 Å². The molecule has 0 unspecified atom stereocenters. The first-order valence-corrected chi connectivity index (χ1v) is 3.92. The Kier molecular flexibility index (Phi) is 2.74. The lowest BCUT2D eigenvalue weighted by Crippen LogP contribution is -2.05. The van der Waals surface area contributed by atoms with Crippen molar-refractivity contribution in [3.05, 3.63) is 18.2 Å². The summed E-state index contributed by atoms with van der Waals surface area (Å²) < 4.78 is 4.84. The van der Waals surface area contributed by atoms with E-state index in [0.29, 0.717) is 12.2 Å². The largest absolute Gasteiger partial charge is 0.506 e. The van der Waals surface area contributed by atoms with Crippen molar-refractivity contribution in [2.45, 2.75) is 13.3 Å². The van der Waals surface area contributed by atoms with Crippen LogP contribution in [0.5, 0.6) is 11.5 Å². The van der Waals surface area contributed by atoms with Crippen LogP contribution in [0.1, 0.15) is 13.3 Å². The molecule has 0 aromatic heterocycles. The zero-order valence-electron chi connectivity index (χ0n) is 7.28. The maximum absolute atomic E-state index is 10.8. The topological polar surface area (TPSA) is 72.5 Å². The number of carbonyl (C=O) groups excluding carboxylic acids is 1. The molecule has 0 bridgehead atoms. The van der Waals surface area contributed by atoms with Crippen LogP contribution in [-0.4, -0.2) is 11.1 Å². The molecule has 1 aromatic rings. The van der Waals surface area contributed by atoms with Crippen LogP contribution in [0.3, 0.4) is 0 Å². The van der Waals surface area contributed by atoms with Crippen molar-refractivity contribution in [2.75, 3.05) is 5.73 Å². The van der Waals surface area contributed by atoms with Crippen molar-refractivity contribution in [3.8, 4) is 11.5 Å². The Balaban J connectivity index is 2.79. The Hall–Kier alpha value is -1.71. The van der Waals surface area contributed by atoms with E-state index in [4.69, 9.17) is 15.6 Å². The van der Waals surface area contributed by atoms with Crippen LogP contribution in [0.2, 0.25) is 0 Å². The van der Waals surface area contributed by atoms with Crippen LogP contribution in [0, 0.1) is 0 Å². The molecular formula is C9H11NO3. The zero-order chi connectivity index (χ0) is 9.84. The van der Waals surface area contributed by atoms with Crippen LogP contribution < -0.4 is 10.5 Å². The molecule has 0 heterocycles. The van der Waals surface area contributed by atoms with E-state index in [0.717, 1.165) is 0 Å². The first kappa shape index (κ1) is 9.38. The number of ether oxygens (including phenoxy) is 1. The Labute approximate surface area is 75.9 Å². The highest BCUT2D eigenvalue weighted by Crippen LogP contribution is 2.25. The van der Waals surface area contributed by atoms with Crippen LogP contribution in [0.4, 0.5) is 5.69 Å². The summed E-state index contributed by atoms with van der Waals surface area (Å²) in [5, 5.41) is 9.17. The zero-order valence-corrected chi connectivity index (χ0v) is 7.28. The number of hydrogen-bond donors (Lipinski definition) is 2. The maximum atomic E-state index is 10.8. The number of nitrogen functional groups attached to an aromatic ring is 1. The summed E-state index contributed by atoms with van der Waals surface area (Å²) in [6.45, 7) is 1.69. The van der Waals surface area contributed by atoms with Crippen molar-refractivity contribution in [3.63, 3.8) is 0 Å². The van der Waals surface area contributed by atoms with Gasteiger partial charge in [-0.2, -0.15) is 0 Å². The van der Waals surface area contributed by atoms with Gasteiger partial charge in [-0.25, -0.2) is 0 Å². The molecule has 0 aliphatic carbocycles. The molecule has 70 valence electrons. The molecule has 1 aromatic carbocycles. The molecule has 0 fully saturated rings. The van der Waals surface area contributed by atoms with E-state index in [-0.39, 0.29) is 17.4 Å². The number of esters is 1. The van der Waals surface area contributed by atoms with Gasteiger partial charge in [-0.3, -0.25) is 4.79 Å². The number of aromatic hydroxyl groups is 1. The molecule has 0 saturated carbocycles. The van der Waals surface area contributed by atoms with Gasteiger partial charge in [0.1, 0.15) is 11.5 Å². The molecule has 0 aliphatic heterocycles. The normalized spacial score (nSPS) is 9.62. The summed E-state index contributed by atoms with van der Waals surface area (Å²) in [5.41, 5.74) is 5.62. The van der Waals surface area contributed by atoms with Gasteiger partial charge in [0.05, 0.1) is 5.69 Å². The molecule has 0 spiro atoms. The van der Waals surface area contributed by atoms with E-state index >= 15 is 0 Å². The lowest BCUT2D eigenvalue weighted by atomic mass is 10.3. The summed E-state index contributed by atoms with van der Waals surface area (Å²) in [4.78, 5) is 10.8. The molecular weight excluding hydrogens is 170 g/mol. The summed E-state index contributed by atoms with van der Waals surface area (Å²) in [7, 11) is 0. The smallest absolute Gasteiger partial charge is 0.310 e. The highest BCUT2D eigenvalue weighted by molar-refractivity contribution is 5.72. The van der Waals surface area contributed by atoms with E-state index in [9.17, 15) is 4.79 Å². The van der Waals surface area contributed by atoms with Gasteiger partial charge in [0.15, 0.2) is 0 Å². The number of carbonyl (C=O) groups is 1. The number of phenolic OH excluding ortho intramolecular Hbond substituents is 1. The van der Waals surface area contributed by atoms with Crippen LogP contribution in [0.15, 0.2) is 18.2 Å². The van der Waals surface area contributed by atoms with Crippen molar-refractivity contribution < 1.29 is 14.6 Å². The Morgan fingerprint density at radius 1 is 1.62 bits per heavy atom. The van der Waals surface area contributed by atoms with Crippen LogP contribution in [-0.2, 0) is 4.79 Å². The standard InChI is InChI=1S/C9H11NO3/c1-2-9(12)13-6-3-4-7(10)8(11)5-6/h3-5,11H,2,10H2,1H3. The van der Waals surface area contributed by atoms with Crippen molar-refractivity contribution in [1.82, 2.24) is 0 Å². The van der Waals surface area contributed by atoms with E-state index in [1.165, 1.54) is 18.2 Å². The molecule has 0 saturated heterocycles. The molecule has 3 N–H and O–H groups in total. The Bertz CT molecular complexity index is 323. The number of anilines is 1. The monoisotopic (exact) mass is 181 g/mol. The second kappa shape index (κ2) is 3.80. The quantitative estimate of drug-likeness (QED) is 0.312. The highest BCUT2D eigenvalue weighted by atomic mass is 16.5. The van der Waals surface area contributed by atoms with Crippen molar-refractivity contribution >= 4 is 11.7 Å². The predicted octanol–water partition coefficient (Wildman–Crippen LogP) is 1.29. The van der Waals surface area contributed by atoms with E-state index in [1.807, 2.05) is 0 Å². The number of rotatable bonds is 2. The number of phenols is 1.